The molecule has 0 fully saturated rings. The first-order valence-electron chi connectivity index (χ1n) is 7.72. The van der Waals surface area contributed by atoms with E-state index in [-0.39, 0.29) is 10.8 Å². The Labute approximate surface area is 132 Å². The van der Waals surface area contributed by atoms with Gasteiger partial charge in [0.1, 0.15) is 0 Å². The second kappa shape index (κ2) is 5.99. The van der Waals surface area contributed by atoms with E-state index in [4.69, 9.17) is 4.74 Å². The first kappa shape index (κ1) is 16.3. The van der Waals surface area contributed by atoms with E-state index in [9.17, 15) is 4.79 Å². The molecule has 2 aromatic rings. The van der Waals surface area contributed by atoms with E-state index in [1.54, 1.807) is 6.07 Å². The van der Waals surface area contributed by atoms with Crippen molar-refractivity contribution in [2.75, 3.05) is 6.61 Å². The van der Waals surface area contributed by atoms with Crippen LogP contribution in [0.2, 0.25) is 0 Å². The molecule has 3 heteroatoms. The molecule has 0 aliphatic carbocycles. The summed E-state index contributed by atoms with van der Waals surface area (Å²) < 4.78 is 5.59. The number of pyridine rings is 1. The van der Waals surface area contributed by atoms with Crippen LogP contribution in [0.15, 0.2) is 29.1 Å². The van der Waals surface area contributed by atoms with Gasteiger partial charge in [0.15, 0.2) is 5.75 Å². The van der Waals surface area contributed by atoms with Crippen molar-refractivity contribution in [1.82, 2.24) is 4.98 Å². The summed E-state index contributed by atoms with van der Waals surface area (Å²) in [5, 5.41) is 0. The average Bonchev–Trinajstić information content (AvgIpc) is 2.40. The number of H-pyrrole nitrogens is 1. The van der Waals surface area contributed by atoms with Crippen molar-refractivity contribution in [3.05, 3.63) is 51.3 Å². The molecule has 0 atom stereocenters. The van der Waals surface area contributed by atoms with Crippen LogP contribution in [0.1, 0.15) is 44.5 Å². The minimum Gasteiger partial charge on any atom is -0.488 e. The van der Waals surface area contributed by atoms with Gasteiger partial charge in [-0.2, -0.15) is 0 Å². The summed E-state index contributed by atoms with van der Waals surface area (Å²) >= 11 is 0. The molecule has 0 saturated carbocycles. The number of ether oxygens (including phenoxy) is 1. The smallest absolute Gasteiger partial charge is 0.224 e. The van der Waals surface area contributed by atoms with Gasteiger partial charge in [-0.3, -0.25) is 4.79 Å². The Hall–Kier alpha value is -2.03. The van der Waals surface area contributed by atoms with Crippen LogP contribution in [-0.4, -0.2) is 11.6 Å². The number of aromatic nitrogens is 1. The molecule has 2 rings (SSSR count). The fourth-order valence-corrected chi connectivity index (χ4v) is 2.56. The van der Waals surface area contributed by atoms with Crippen LogP contribution in [0.4, 0.5) is 0 Å². The van der Waals surface area contributed by atoms with Gasteiger partial charge in [-0.05, 0) is 37.3 Å². The number of aryl methyl sites for hydroxylation is 2. The third-order valence-electron chi connectivity index (χ3n) is 3.77. The number of aromatic amines is 1. The molecule has 0 spiro atoms. The summed E-state index contributed by atoms with van der Waals surface area (Å²) in [5.74, 6) is 0.403. The molecular formula is C19H25NO2. The number of nitrogens with one attached hydrogen (secondary N) is 1. The second-order valence-corrected chi connectivity index (χ2v) is 6.73. The number of benzene rings is 1. The van der Waals surface area contributed by atoms with Crippen LogP contribution in [0, 0.1) is 13.8 Å². The zero-order chi connectivity index (χ0) is 16.5. The van der Waals surface area contributed by atoms with E-state index in [0.717, 1.165) is 22.5 Å². The summed E-state index contributed by atoms with van der Waals surface area (Å²) in [6.07, 6.45) is 0. The van der Waals surface area contributed by atoms with Gasteiger partial charge < -0.3 is 9.72 Å². The fourth-order valence-electron chi connectivity index (χ4n) is 2.56. The monoisotopic (exact) mass is 299 g/mol. The van der Waals surface area contributed by atoms with Crippen LogP contribution in [-0.2, 0) is 5.41 Å². The maximum absolute atomic E-state index is 12.2. The van der Waals surface area contributed by atoms with Crippen molar-refractivity contribution in [1.29, 1.82) is 0 Å². The molecule has 1 aromatic heterocycles. The van der Waals surface area contributed by atoms with Crippen molar-refractivity contribution in [2.45, 2.75) is 47.0 Å². The molecule has 0 aliphatic rings. The highest BCUT2D eigenvalue weighted by molar-refractivity contribution is 5.70. The van der Waals surface area contributed by atoms with E-state index in [2.05, 4.69) is 50.9 Å². The lowest BCUT2D eigenvalue weighted by molar-refractivity contribution is 0.337. The molecule has 3 nitrogen and oxygen atoms in total. The summed E-state index contributed by atoms with van der Waals surface area (Å²) in [6.45, 7) is 12.9. The van der Waals surface area contributed by atoms with Crippen LogP contribution in [0.3, 0.4) is 0 Å². The van der Waals surface area contributed by atoms with Crippen molar-refractivity contribution in [3.8, 4) is 17.0 Å². The van der Waals surface area contributed by atoms with Crippen molar-refractivity contribution < 1.29 is 4.74 Å². The lowest BCUT2D eigenvalue weighted by Gasteiger charge is -2.21. The van der Waals surface area contributed by atoms with E-state index in [0.29, 0.717) is 12.4 Å². The van der Waals surface area contributed by atoms with Crippen LogP contribution in [0.25, 0.3) is 11.3 Å². The standard InChI is InChI=1S/C19H25NO2/c1-7-22-18-16(21)11-13(3)20-17(18)15-9-8-14(10-12(15)2)19(4,5)6/h8-11H,7H2,1-6H3,(H,20,21). The van der Waals surface area contributed by atoms with Crippen LogP contribution < -0.4 is 10.2 Å². The van der Waals surface area contributed by atoms with Gasteiger partial charge in [-0.15, -0.1) is 0 Å². The molecule has 0 radical (unpaired) electrons. The topological polar surface area (TPSA) is 42.1 Å². The van der Waals surface area contributed by atoms with Gasteiger partial charge >= 0.3 is 0 Å². The Morgan fingerprint density at radius 3 is 2.36 bits per heavy atom. The van der Waals surface area contributed by atoms with Gasteiger partial charge in [0.25, 0.3) is 0 Å². The number of rotatable bonds is 3. The molecule has 118 valence electrons. The molecule has 0 amide bonds. The first-order chi connectivity index (χ1) is 10.2. The third-order valence-corrected chi connectivity index (χ3v) is 3.77. The Bertz CT molecular complexity index is 736. The highest BCUT2D eigenvalue weighted by atomic mass is 16.5. The number of hydrogen-bond donors (Lipinski definition) is 1. The van der Waals surface area contributed by atoms with Gasteiger partial charge in [0, 0.05) is 17.3 Å². The minimum atomic E-state index is -0.0765. The van der Waals surface area contributed by atoms with E-state index >= 15 is 0 Å². The van der Waals surface area contributed by atoms with Gasteiger partial charge in [0.2, 0.25) is 5.43 Å². The quantitative estimate of drug-likeness (QED) is 0.915. The first-order valence-corrected chi connectivity index (χ1v) is 7.72. The molecule has 0 bridgehead atoms. The molecule has 0 unspecified atom stereocenters. The largest absolute Gasteiger partial charge is 0.488 e. The lowest BCUT2D eigenvalue weighted by Crippen LogP contribution is -2.13. The molecular weight excluding hydrogens is 274 g/mol. The van der Waals surface area contributed by atoms with Crippen LogP contribution >= 0.6 is 0 Å². The SMILES string of the molecule is CCOc1c(-c2ccc(C(C)(C)C)cc2C)[nH]c(C)cc1=O. The summed E-state index contributed by atoms with van der Waals surface area (Å²) in [5.41, 5.74) is 5.06. The minimum absolute atomic E-state index is 0.0765. The average molecular weight is 299 g/mol. The summed E-state index contributed by atoms with van der Waals surface area (Å²) in [4.78, 5) is 15.5. The molecule has 1 N–H and O–H groups in total. The van der Waals surface area contributed by atoms with E-state index in [1.807, 2.05) is 13.8 Å². The summed E-state index contributed by atoms with van der Waals surface area (Å²) in [6, 6.07) is 7.96. The molecule has 22 heavy (non-hydrogen) atoms. The van der Waals surface area contributed by atoms with Gasteiger partial charge in [0.05, 0.1) is 12.3 Å². The molecule has 1 heterocycles. The number of hydrogen-bond acceptors (Lipinski definition) is 2. The predicted octanol–water partition coefficient (Wildman–Crippen LogP) is 4.35. The van der Waals surface area contributed by atoms with Crippen molar-refractivity contribution >= 4 is 0 Å². The maximum Gasteiger partial charge on any atom is 0.224 e. The predicted molar refractivity (Wildman–Crippen MR) is 91.8 cm³/mol. The third kappa shape index (κ3) is 3.24. The summed E-state index contributed by atoms with van der Waals surface area (Å²) in [7, 11) is 0. The zero-order valence-corrected chi connectivity index (χ0v) is 14.3. The Balaban J connectivity index is 2.64. The normalized spacial score (nSPS) is 11.5. The Morgan fingerprint density at radius 1 is 1.14 bits per heavy atom. The zero-order valence-electron chi connectivity index (χ0n) is 14.3. The van der Waals surface area contributed by atoms with Crippen molar-refractivity contribution in [2.24, 2.45) is 0 Å². The Kier molecular flexibility index (Phi) is 4.45. The van der Waals surface area contributed by atoms with E-state index < -0.39 is 0 Å². The van der Waals surface area contributed by atoms with E-state index in [1.165, 1.54) is 5.56 Å². The molecule has 0 saturated heterocycles. The van der Waals surface area contributed by atoms with Gasteiger partial charge in [-0.25, -0.2) is 0 Å². The fraction of sp³-hybridized carbons (Fsp3) is 0.421. The van der Waals surface area contributed by atoms with Gasteiger partial charge in [-0.1, -0.05) is 39.0 Å². The van der Waals surface area contributed by atoms with Crippen LogP contribution in [0.5, 0.6) is 5.75 Å². The maximum atomic E-state index is 12.2. The lowest BCUT2D eigenvalue weighted by atomic mass is 9.85. The van der Waals surface area contributed by atoms with Crippen molar-refractivity contribution in [3.63, 3.8) is 0 Å². The Morgan fingerprint density at radius 2 is 1.82 bits per heavy atom. The molecule has 0 aliphatic heterocycles. The molecule has 1 aromatic carbocycles. The second-order valence-electron chi connectivity index (χ2n) is 6.73. The highest BCUT2D eigenvalue weighted by Crippen LogP contribution is 2.32. The highest BCUT2D eigenvalue weighted by Gasteiger charge is 2.18.